The lowest BCUT2D eigenvalue weighted by atomic mass is 9.91. The molecule has 0 saturated carbocycles. The monoisotopic (exact) mass is 368 g/mol. The van der Waals surface area contributed by atoms with Crippen molar-refractivity contribution >= 4 is 40.0 Å². The van der Waals surface area contributed by atoms with Gasteiger partial charge in [-0.3, -0.25) is 9.59 Å². The zero-order valence-electron chi connectivity index (χ0n) is 14.4. The second kappa shape index (κ2) is 8.11. The number of aromatic nitrogens is 2. The van der Waals surface area contributed by atoms with Gasteiger partial charge in [0, 0.05) is 30.2 Å². The number of nitrogens with one attached hydrogen (secondary N) is 1. The minimum atomic E-state index is -0.374. The first kappa shape index (κ1) is 18.9. The molecule has 8 heteroatoms. The molecular weight excluding hydrogens is 344 g/mol. The van der Waals surface area contributed by atoms with Crippen LogP contribution >= 0.6 is 23.1 Å². The van der Waals surface area contributed by atoms with E-state index >= 15 is 0 Å². The summed E-state index contributed by atoms with van der Waals surface area (Å²) in [6, 6.07) is 0. The number of rotatable bonds is 5. The fourth-order valence-corrected chi connectivity index (χ4v) is 3.99. The first-order valence-corrected chi connectivity index (χ1v) is 9.79. The number of amides is 2. The van der Waals surface area contributed by atoms with Gasteiger partial charge in [-0.2, -0.15) is 0 Å². The number of likely N-dealkylation sites (tertiary alicyclic amines) is 1. The molecule has 2 rings (SSSR count). The van der Waals surface area contributed by atoms with Gasteiger partial charge >= 0.3 is 0 Å². The van der Waals surface area contributed by atoms with E-state index in [0.29, 0.717) is 31.1 Å². The molecule has 1 fully saturated rings. The van der Waals surface area contributed by atoms with Gasteiger partial charge in [0.1, 0.15) is 0 Å². The molecule has 0 atom stereocenters. The van der Waals surface area contributed by atoms with E-state index in [4.69, 9.17) is 0 Å². The summed E-state index contributed by atoms with van der Waals surface area (Å²) >= 11 is 2.91. The Morgan fingerprint density at radius 3 is 2.62 bits per heavy atom. The van der Waals surface area contributed by atoms with Crippen LogP contribution < -0.4 is 5.32 Å². The lowest BCUT2D eigenvalue weighted by molar-refractivity contribution is -0.142. The van der Waals surface area contributed by atoms with Crippen LogP contribution in [0.4, 0.5) is 5.13 Å². The molecule has 6 nitrogen and oxygen atoms in total. The number of carbonyl (C=O) groups excluding carboxylic acids is 2. The van der Waals surface area contributed by atoms with E-state index in [1.807, 2.05) is 25.7 Å². The minimum absolute atomic E-state index is 0.0331. The van der Waals surface area contributed by atoms with Crippen LogP contribution in [0.5, 0.6) is 0 Å². The molecule has 1 aliphatic heterocycles. The van der Waals surface area contributed by atoms with E-state index in [9.17, 15) is 9.59 Å². The molecule has 2 amide bonds. The Hall–Kier alpha value is -1.41. The lowest BCUT2D eigenvalue weighted by Crippen LogP contribution is -2.45. The average Bonchev–Trinajstić information content (AvgIpc) is 2.98. The quantitative estimate of drug-likeness (QED) is 0.491. The molecule has 0 bridgehead atoms. The first-order valence-electron chi connectivity index (χ1n) is 7.98. The summed E-state index contributed by atoms with van der Waals surface area (Å²) < 4.78 is 0.816. The van der Waals surface area contributed by atoms with Crippen LogP contribution in [0, 0.1) is 11.3 Å². The Bertz CT molecular complexity index is 601. The Balaban J connectivity index is 1.83. The van der Waals surface area contributed by atoms with Crippen molar-refractivity contribution in [2.75, 3.05) is 24.2 Å². The van der Waals surface area contributed by atoms with Gasteiger partial charge in [0.05, 0.1) is 0 Å². The molecule has 1 N–H and O–H groups in total. The Morgan fingerprint density at radius 2 is 2.04 bits per heavy atom. The Labute approximate surface area is 151 Å². The molecule has 24 heavy (non-hydrogen) atoms. The number of carbonyl (C=O) groups is 2. The first-order chi connectivity index (χ1) is 11.3. The second-order valence-corrected chi connectivity index (χ2v) is 9.02. The molecule has 132 valence electrons. The van der Waals surface area contributed by atoms with Crippen LogP contribution in [0.25, 0.3) is 0 Å². The van der Waals surface area contributed by atoms with Crippen molar-refractivity contribution in [2.24, 2.45) is 11.3 Å². The standard InChI is InChI=1S/C16H24N4O2S2/c1-5-10-23-15-19-18-14(24-15)17-12(21)11-6-8-20(9-7-11)13(22)16(2,3)4/h5,11H,1,6-10H2,2-4H3,(H,17,18,21). The summed E-state index contributed by atoms with van der Waals surface area (Å²) in [5.41, 5.74) is -0.374. The van der Waals surface area contributed by atoms with Crippen molar-refractivity contribution in [1.29, 1.82) is 0 Å². The minimum Gasteiger partial charge on any atom is -0.342 e. The van der Waals surface area contributed by atoms with Gasteiger partial charge in [0.15, 0.2) is 4.34 Å². The second-order valence-electron chi connectivity index (χ2n) is 6.78. The van der Waals surface area contributed by atoms with E-state index in [1.165, 1.54) is 11.3 Å². The molecule has 0 aromatic carbocycles. The van der Waals surface area contributed by atoms with E-state index < -0.39 is 0 Å². The molecule has 0 spiro atoms. The van der Waals surface area contributed by atoms with E-state index in [-0.39, 0.29) is 23.1 Å². The number of piperidine rings is 1. The highest BCUT2D eigenvalue weighted by atomic mass is 32.2. The van der Waals surface area contributed by atoms with Crippen molar-refractivity contribution in [3.05, 3.63) is 12.7 Å². The topological polar surface area (TPSA) is 75.2 Å². The number of hydrogen-bond donors (Lipinski definition) is 1. The van der Waals surface area contributed by atoms with Gasteiger partial charge in [0.25, 0.3) is 0 Å². The fourth-order valence-electron chi connectivity index (χ4n) is 2.48. The van der Waals surface area contributed by atoms with Crippen molar-refractivity contribution in [3.63, 3.8) is 0 Å². The summed E-state index contributed by atoms with van der Waals surface area (Å²) in [7, 11) is 0. The molecule has 2 heterocycles. The Morgan fingerprint density at radius 1 is 1.38 bits per heavy atom. The number of thioether (sulfide) groups is 1. The predicted molar refractivity (Wildman–Crippen MR) is 98.2 cm³/mol. The van der Waals surface area contributed by atoms with E-state index in [2.05, 4.69) is 22.1 Å². The highest BCUT2D eigenvalue weighted by Gasteiger charge is 2.32. The third-order valence-electron chi connectivity index (χ3n) is 3.76. The van der Waals surface area contributed by atoms with Crippen molar-refractivity contribution in [3.8, 4) is 0 Å². The van der Waals surface area contributed by atoms with Crippen molar-refractivity contribution in [1.82, 2.24) is 15.1 Å². The largest absolute Gasteiger partial charge is 0.342 e. The molecule has 0 radical (unpaired) electrons. The van der Waals surface area contributed by atoms with E-state index in [0.717, 1.165) is 10.1 Å². The molecule has 1 aromatic heterocycles. The van der Waals surface area contributed by atoms with Gasteiger partial charge in [-0.1, -0.05) is 49.9 Å². The summed E-state index contributed by atoms with van der Waals surface area (Å²) in [5.74, 6) is 0.800. The van der Waals surface area contributed by atoms with Crippen LogP contribution in [-0.4, -0.2) is 45.8 Å². The zero-order valence-corrected chi connectivity index (χ0v) is 16.0. The highest BCUT2D eigenvalue weighted by molar-refractivity contribution is 8.01. The van der Waals surface area contributed by atoms with E-state index in [1.54, 1.807) is 17.8 Å². The lowest BCUT2D eigenvalue weighted by Gasteiger charge is -2.35. The van der Waals surface area contributed by atoms with Gasteiger partial charge in [0.2, 0.25) is 16.9 Å². The van der Waals surface area contributed by atoms with Gasteiger partial charge < -0.3 is 10.2 Å². The third kappa shape index (κ3) is 5.04. The van der Waals surface area contributed by atoms with Crippen molar-refractivity contribution in [2.45, 2.75) is 38.0 Å². The SMILES string of the molecule is C=CCSc1nnc(NC(=O)C2CCN(C(=O)C(C)(C)C)CC2)s1. The van der Waals surface area contributed by atoms with Crippen LogP contribution in [0.2, 0.25) is 0 Å². The summed E-state index contributed by atoms with van der Waals surface area (Å²) in [5, 5.41) is 11.4. The summed E-state index contributed by atoms with van der Waals surface area (Å²) in [6.07, 6.45) is 3.17. The summed E-state index contributed by atoms with van der Waals surface area (Å²) in [4.78, 5) is 26.5. The number of anilines is 1. The molecule has 1 aromatic rings. The molecule has 0 unspecified atom stereocenters. The third-order valence-corrected chi connectivity index (χ3v) is 5.72. The zero-order chi connectivity index (χ0) is 17.7. The maximum Gasteiger partial charge on any atom is 0.229 e. The van der Waals surface area contributed by atoms with Gasteiger partial charge in [-0.25, -0.2) is 0 Å². The van der Waals surface area contributed by atoms with Gasteiger partial charge in [-0.15, -0.1) is 16.8 Å². The van der Waals surface area contributed by atoms with Gasteiger partial charge in [-0.05, 0) is 12.8 Å². The summed E-state index contributed by atoms with van der Waals surface area (Å²) in [6.45, 7) is 10.7. The van der Waals surface area contributed by atoms with Crippen LogP contribution in [0.15, 0.2) is 17.0 Å². The molecule has 1 saturated heterocycles. The molecule has 0 aliphatic carbocycles. The van der Waals surface area contributed by atoms with Crippen LogP contribution in [0.3, 0.4) is 0 Å². The average molecular weight is 369 g/mol. The predicted octanol–water partition coefficient (Wildman–Crippen LogP) is 3.04. The highest BCUT2D eigenvalue weighted by Crippen LogP contribution is 2.27. The Kier molecular flexibility index (Phi) is 6.40. The molecule has 1 aliphatic rings. The normalized spacial score (nSPS) is 16.0. The maximum absolute atomic E-state index is 12.4. The maximum atomic E-state index is 12.4. The number of hydrogen-bond acceptors (Lipinski definition) is 6. The van der Waals surface area contributed by atoms with Crippen molar-refractivity contribution < 1.29 is 9.59 Å². The smallest absolute Gasteiger partial charge is 0.229 e. The fraction of sp³-hybridized carbons (Fsp3) is 0.625. The number of nitrogens with zero attached hydrogens (tertiary/aromatic N) is 3. The molecular formula is C16H24N4O2S2. The van der Waals surface area contributed by atoms with Crippen LogP contribution in [0.1, 0.15) is 33.6 Å². The van der Waals surface area contributed by atoms with Crippen LogP contribution in [-0.2, 0) is 9.59 Å².